The average Bonchev–Trinajstić information content (AvgIpc) is 3.24. The van der Waals surface area contributed by atoms with Gasteiger partial charge in [0.05, 0.1) is 31.4 Å². The maximum absolute atomic E-state index is 13.2. The summed E-state index contributed by atoms with van der Waals surface area (Å²) in [5.41, 5.74) is 1.33. The molecule has 2 heterocycles. The Bertz CT molecular complexity index is 1590. The van der Waals surface area contributed by atoms with Crippen molar-refractivity contribution in [2.75, 3.05) is 14.2 Å². The Morgan fingerprint density at radius 3 is 2.14 bits per heavy atom. The lowest BCUT2D eigenvalue weighted by Crippen LogP contribution is -2.05. The maximum atomic E-state index is 13.2. The van der Waals surface area contributed by atoms with E-state index in [4.69, 9.17) is 23.0 Å². The minimum atomic E-state index is -1.04. The predicted octanol–water partition coefficient (Wildman–Crippen LogP) is 5.64. The maximum Gasteiger partial charge on any atom is 0.307 e. The molecular weight excluding hydrogens is 452 g/mol. The molecular formula is C27H20O8. The molecule has 3 aromatic carbocycles. The summed E-state index contributed by atoms with van der Waals surface area (Å²) in [4.78, 5) is 24.9. The van der Waals surface area contributed by atoms with Crippen LogP contribution < -0.4 is 19.6 Å². The fourth-order valence-electron chi connectivity index (χ4n) is 3.96. The van der Waals surface area contributed by atoms with E-state index in [-0.39, 0.29) is 23.1 Å². The van der Waals surface area contributed by atoms with Crippen molar-refractivity contribution in [3.63, 3.8) is 0 Å². The van der Waals surface area contributed by atoms with Gasteiger partial charge in [0.2, 0.25) is 11.2 Å². The van der Waals surface area contributed by atoms with Crippen LogP contribution in [0.15, 0.2) is 80.6 Å². The normalized spacial score (nSPS) is 11.0. The van der Waals surface area contributed by atoms with Gasteiger partial charge in [0.1, 0.15) is 40.4 Å². The lowest BCUT2D eigenvalue weighted by atomic mass is 10.0. The molecule has 0 bridgehead atoms. The molecule has 5 rings (SSSR count). The molecule has 0 atom stereocenters. The van der Waals surface area contributed by atoms with Crippen LogP contribution in [0.25, 0.3) is 33.3 Å². The second-order valence-electron chi connectivity index (χ2n) is 7.73. The standard InChI is InChI=1S/C27H20O8/c1-31-16-5-3-15(4-6-16)26-20(13-23(28)29)24-21(35-26)12-11-19-25(30)22(14-33-27(19)24)34-18-9-7-17(32-2)8-10-18/h3-12,14H,13H2,1-2H3,(H,28,29). The molecule has 0 radical (unpaired) electrons. The van der Waals surface area contributed by atoms with Crippen molar-refractivity contribution in [1.82, 2.24) is 0 Å². The molecule has 0 amide bonds. The van der Waals surface area contributed by atoms with Crippen LogP contribution in [-0.2, 0) is 11.2 Å². The third kappa shape index (κ3) is 4.06. The molecule has 8 nitrogen and oxygen atoms in total. The van der Waals surface area contributed by atoms with Crippen LogP contribution >= 0.6 is 0 Å². The third-order valence-electron chi connectivity index (χ3n) is 5.63. The number of benzene rings is 3. The summed E-state index contributed by atoms with van der Waals surface area (Å²) in [5.74, 6) is 1.10. The number of carboxylic acid groups (broad SMARTS) is 1. The van der Waals surface area contributed by atoms with E-state index in [0.717, 1.165) is 0 Å². The van der Waals surface area contributed by atoms with Gasteiger partial charge in [-0.05, 0) is 60.7 Å². The molecule has 8 heteroatoms. The second-order valence-corrected chi connectivity index (χ2v) is 7.73. The lowest BCUT2D eigenvalue weighted by molar-refractivity contribution is -0.136. The number of aliphatic carboxylic acids is 1. The fraction of sp³-hybridized carbons (Fsp3) is 0.111. The van der Waals surface area contributed by atoms with Gasteiger partial charge in [-0.15, -0.1) is 0 Å². The fourth-order valence-corrected chi connectivity index (χ4v) is 3.96. The van der Waals surface area contributed by atoms with Gasteiger partial charge in [0, 0.05) is 11.1 Å². The zero-order valence-corrected chi connectivity index (χ0v) is 18.9. The molecule has 0 saturated heterocycles. The van der Waals surface area contributed by atoms with E-state index in [9.17, 15) is 14.7 Å². The quantitative estimate of drug-likeness (QED) is 0.324. The highest BCUT2D eigenvalue weighted by Gasteiger charge is 2.23. The number of methoxy groups -OCH3 is 2. The number of carboxylic acids is 1. The van der Waals surface area contributed by atoms with Crippen molar-refractivity contribution < 1.29 is 32.9 Å². The molecule has 2 aromatic heterocycles. The van der Waals surface area contributed by atoms with Gasteiger partial charge in [-0.2, -0.15) is 0 Å². The van der Waals surface area contributed by atoms with E-state index in [0.29, 0.717) is 45.1 Å². The van der Waals surface area contributed by atoms with Gasteiger partial charge in [-0.3, -0.25) is 9.59 Å². The molecule has 176 valence electrons. The summed E-state index contributed by atoms with van der Waals surface area (Å²) in [7, 11) is 3.12. The van der Waals surface area contributed by atoms with Gasteiger partial charge in [0.25, 0.3) is 0 Å². The van der Waals surface area contributed by atoms with E-state index < -0.39 is 11.4 Å². The molecule has 0 spiro atoms. The first-order chi connectivity index (χ1) is 17.0. The van der Waals surface area contributed by atoms with Crippen molar-refractivity contribution in [3.05, 3.63) is 82.7 Å². The molecule has 1 N–H and O–H groups in total. The van der Waals surface area contributed by atoms with Crippen LogP contribution in [0.5, 0.6) is 23.0 Å². The first kappa shape index (κ1) is 22.1. The monoisotopic (exact) mass is 472 g/mol. The smallest absolute Gasteiger partial charge is 0.307 e. The number of carbonyl (C=O) groups is 1. The molecule has 0 aliphatic rings. The Balaban J connectivity index is 1.65. The van der Waals surface area contributed by atoms with Crippen molar-refractivity contribution in [2.24, 2.45) is 0 Å². The third-order valence-corrected chi connectivity index (χ3v) is 5.63. The van der Waals surface area contributed by atoms with Gasteiger partial charge in [-0.1, -0.05) is 0 Å². The van der Waals surface area contributed by atoms with Crippen LogP contribution in [0.4, 0.5) is 0 Å². The minimum absolute atomic E-state index is 0.000624. The van der Waals surface area contributed by atoms with E-state index >= 15 is 0 Å². The van der Waals surface area contributed by atoms with Gasteiger partial charge in [-0.25, -0.2) is 0 Å². The summed E-state index contributed by atoms with van der Waals surface area (Å²) in [6.07, 6.45) is 0.903. The summed E-state index contributed by atoms with van der Waals surface area (Å²) < 4.78 is 27.9. The molecule has 0 saturated carbocycles. The number of hydrogen-bond acceptors (Lipinski definition) is 7. The van der Waals surface area contributed by atoms with E-state index in [1.54, 1.807) is 74.9 Å². The van der Waals surface area contributed by atoms with Crippen LogP contribution in [0.2, 0.25) is 0 Å². The van der Waals surface area contributed by atoms with Gasteiger partial charge in [0.15, 0.2) is 0 Å². The predicted molar refractivity (Wildman–Crippen MR) is 129 cm³/mol. The number of hydrogen-bond donors (Lipinski definition) is 1. The Morgan fingerprint density at radius 1 is 0.886 bits per heavy atom. The molecule has 0 fully saturated rings. The minimum Gasteiger partial charge on any atom is -0.497 e. The Labute approximate surface area is 198 Å². The summed E-state index contributed by atoms with van der Waals surface area (Å²) in [5, 5.41) is 10.3. The van der Waals surface area contributed by atoms with Gasteiger partial charge >= 0.3 is 5.97 Å². The van der Waals surface area contributed by atoms with Crippen LogP contribution in [0.1, 0.15) is 5.56 Å². The zero-order chi connectivity index (χ0) is 24.5. The molecule has 0 aliphatic heterocycles. The number of ether oxygens (including phenoxy) is 3. The van der Waals surface area contributed by atoms with Crippen molar-refractivity contribution in [1.29, 1.82) is 0 Å². The number of fused-ring (bicyclic) bond motifs is 3. The Morgan fingerprint density at radius 2 is 1.51 bits per heavy atom. The highest BCUT2D eigenvalue weighted by molar-refractivity contribution is 6.07. The summed E-state index contributed by atoms with van der Waals surface area (Å²) >= 11 is 0. The molecule has 35 heavy (non-hydrogen) atoms. The first-order valence-corrected chi connectivity index (χ1v) is 10.7. The van der Waals surface area contributed by atoms with Gasteiger partial charge < -0.3 is 28.2 Å². The van der Waals surface area contributed by atoms with Crippen molar-refractivity contribution >= 4 is 27.9 Å². The number of rotatable bonds is 7. The molecule has 0 unspecified atom stereocenters. The zero-order valence-electron chi connectivity index (χ0n) is 18.9. The molecule has 0 aliphatic carbocycles. The lowest BCUT2D eigenvalue weighted by Gasteiger charge is -2.07. The van der Waals surface area contributed by atoms with E-state index in [2.05, 4.69) is 0 Å². The topological polar surface area (TPSA) is 108 Å². The molecule has 5 aromatic rings. The van der Waals surface area contributed by atoms with Crippen LogP contribution in [-0.4, -0.2) is 25.3 Å². The van der Waals surface area contributed by atoms with Crippen molar-refractivity contribution in [2.45, 2.75) is 6.42 Å². The van der Waals surface area contributed by atoms with Crippen LogP contribution in [0.3, 0.4) is 0 Å². The summed E-state index contributed by atoms with van der Waals surface area (Å²) in [6.45, 7) is 0. The second kappa shape index (κ2) is 8.90. The van der Waals surface area contributed by atoms with Crippen LogP contribution in [0, 0.1) is 0 Å². The highest BCUT2D eigenvalue weighted by atomic mass is 16.5. The van der Waals surface area contributed by atoms with E-state index in [1.165, 1.54) is 6.26 Å². The first-order valence-electron chi connectivity index (χ1n) is 10.7. The highest BCUT2D eigenvalue weighted by Crippen LogP contribution is 2.38. The van der Waals surface area contributed by atoms with Crippen molar-refractivity contribution in [3.8, 4) is 34.3 Å². The average molecular weight is 472 g/mol. The Kier molecular flexibility index (Phi) is 5.62. The SMILES string of the molecule is COc1ccc(Oc2coc3c(ccc4oc(-c5ccc(OC)cc5)c(CC(=O)O)c43)c2=O)cc1. The summed E-state index contributed by atoms with van der Waals surface area (Å²) in [6, 6.07) is 17.1. The largest absolute Gasteiger partial charge is 0.497 e. The Hall–Kier alpha value is -4.72. The van der Waals surface area contributed by atoms with E-state index in [1.807, 2.05) is 0 Å². The number of furan rings is 1.